The standard InChI is InChI=1S/C13H13F2N3O2S/c1-9-5-12(15)13(6-11(9)14)21(19,20)18(2)8-10-7-16-3-4-17-10/h3-7H,8H2,1-2H3. The van der Waals surface area contributed by atoms with E-state index >= 15 is 0 Å². The Morgan fingerprint density at radius 1 is 1.19 bits per heavy atom. The zero-order valence-corrected chi connectivity index (χ0v) is 12.2. The number of hydrogen-bond acceptors (Lipinski definition) is 4. The predicted molar refractivity (Wildman–Crippen MR) is 71.8 cm³/mol. The van der Waals surface area contributed by atoms with E-state index in [0.29, 0.717) is 11.8 Å². The molecule has 0 saturated heterocycles. The smallest absolute Gasteiger partial charge is 0.246 e. The van der Waals surface area contributed by atoms with Crippen molar-refractivity contribution >= 4 is 10.0 Å². The van der Waals surface area contributed by atoms with Gasteiger partial charge >= 0.3 is 0 Å². The molecule has 0 atom stereocenters. The van der Waals surface area contributed by atoms with Gasteiger partial charge in [-0.3, -0.25) is 9.97 Å². The van der Waals surface area contributed by atoms with E-state index in [1.807, 2.05) is 0 Å². The molecule has 21 heavy (non-hydrogen) atoms. The summed E-state index contributed by atoms with van der Waals surface area (Å²) < 4.78 is 52.8. The first-order chi connectivity index (χ1) is 9.82. The lowest BCUT2D eigenvalue weighted by Gasteiger charge is -2.17. The molecule has 0 bridgehead atoms. The van der Waals surface area contributed by atoms with Gasteiger partial charge in [-0.1, -0.05) is 0 Å². The summed E-state index contributed by atoms with van der Waals surface area (Å²) in [4.78, 5) is 7.06. The van der Waals surface area contributed by atoms with E-state index in [0.717, 1.165) is 10.4 Å². The second-order valence-electron chi connectivity index (χ2n) is 4.49. The third-order valence-electron chi connectivity index (χ3n) is 2.90. The maximum Gasteiger partial charge on any atom is 0.246 e. The van der Waals surface area contributed by atoms with Gasteiger partial charge in [-0.05, 0) is 24.6 Å². The molecule has 0 aliphatic heterocycles. The molecule has 0 aliphatic carbocycles. The molecule has 1 aromatic heterocycles. The number of hydrogen-bond donors (Lipinski definition) is 0. The van der Waals surface area contributed by atoms with Gasteiger partial charge in [0.2, 0.25) is 10.0 Å². The summed E-state index contributed by atoms with van der Waals surface area (Å²) in [5.41, 5.74) is 0.444. The average molecular weight is 313 g/mol. The first-order valence-electron chi connectivity index (χ1n) is 5.99. The van der Waals surface area contributed by atoms with Gasteiger partial charge in [-0.2, -0.15) is 4.31 Å². The summed E-state index contributed by atoms with van der Waals surface area (Å²) in [5.74, 6) is -1.76. The predicted octanol–water partition coefficient (Wildman–Crippen LogP) is 1.88. The molecule has 5 nitrogen and oxygen atoms in total. The molecule has 0 fully saturated rings. The molecule has 0 spiro atoms. The Labute approximate surface area is 121 Å². The van der Waals surface area contributed by atoms with E-state index < -0.39 is 26.6 Å². The minimum atomic E-state index is -4.16. The molecular formula is C13H13F2N3O2S. The summed E-state index contributed by atoms with van der Waals surface area (Å²) in [7, 11) is -2.89. The van der Waals surface area contributed by atoms with Crippen LogP contribution in [-0.4, -0.2) is 29.7 Å². The lowest BCUT2D eigenvalue weighted by molar-refractivity contribution is 0.453. The highest BCUT2D eigenvalue weighted by molar-refractivity contribution is 7.89. The Balaban J connectivity index is 2.36. The molecule has 0 unspecified atom stereocenters. The van der Waals surface area contributed by atoms with E-state index in [9.17, 15) is 17.2 Å². The Morgan fingerprint density at radius 3 is 2.52 bits per heavy atom. The van der Waals surface area contributed by atoms with Crippen LogP contribution >= 0.6 is 0 Å². The molecule has 0 radical (unpaired) electrons. The van der Waals surface area contributed by atoms with Crippen molar-refractivity contribution in [3.05, 3.63) is 53.6 Å². The Morgan fingerprint density at radius 2 is 1.90 bits per heavy atom. The third kappa shape index (κ3) is 3.22. The van der Waals surface area contributed by atoms with Crippen LogP contribution < -0.4 is 0 Å². The van der Waals surface area contributed by atoms with Crippen molar-refractivity contribution in [3.8, 4) is 0 Å². The van der Waals surface area contributed by atoms with Gasteiger partial charge in [0.15, 0.2) is 0 Å². The van der Waals surface area contributed by atoms with E-state index in [1.54, 1.807) is 0 Å². The second-order valence-corrected chi connectivity index (χ2v) is 6.50. The summed E-state index contributed by atoms with van der Waals surface area (Å²) in [5, 5.41) is 0. The van der Waals surface area contributed by atoms with E-state index in [2.05, 4.69) is 9.97 Å². The molecule has 2 aromatic rings. The maximum absolute atomic E-state index is 13.8. The van der Waals surface area contributed by atoms with Crippen molar-refractivity contribution in [3.63, 3.8) is 0 Å². The lowest BCUT2D eigenvalue weighted by Crippen LogP contribution is -2.28. The number of aryl methyl sites for hydroxylation is 1. The molecule has 0 N–H and O–H groups in total. The van der Waals surface area contributed by atoms with E-state index in [1.165, 1.54) is 32.6 Å². The summed E-state index contributed by atoms with van der Waals surface area (Å²) in [6.45, 7) is 1.27. The first kappa shape index (κ1) is 15.5. The van der Waals surface area contributed by atoms with Crippen molar-refractivity contribution in [1.82, 2.24) is 14.3 Å². The molecule has 112 valence electrons. The molecule has 2 rings (SSSR count). The average Bonchev–Trinajstić information content (AvgIpc) is 2.43. The molecule has 1 heterocycles. The topological polar surface area (TPSA) is 63.2 Å². The summed E-state index contributed by atoms with van der Waals surface area (Å²) in [6, 6.07) is 1.55. The van der Waals surface area contributed by atoms with Gasteiger partial charge in [0.1, 0.15) is 16.5 Å². The third-order valence-corrected chi connectivity index (χ3v) is 4.72. The highest BCUT2D eigenvalue weighted by atomic mass is 32.2. The highest BCUT2D eigenvalue weighted by Crippen LogP contribution is 2.22. The minimum Gasteiger partial charge on any atom is -0.261 e. The van der Waals surface area contributed by atoms with Crippen molar-refractivity contribution in [2.75, 3.05) is 7.05 Å². The molecule has 0 aliphatic rings. The first-order valence-corrected chi connectivity index (χ1v) is 7.43. The van der Waals surface area contributed by atoms with Crippen LogP contribution in [0.15, 0.2) is 35.6 Å². The van der Waals surface area contributed by atoms with Crippen LogP contribution in [0.1, 0.15) is 11.3 Å². The zero-order chi connectivity index (χ0) is 15.6. The van der Waals surface area contributed by atoms with Crippen LogP contribution in [0.5, 0.6) is 0 Å². The fraction of sp³-hybridized carbons (Fsp3) is 0.231. The Kier molecular flexibility index (Phi) is 4.29. The largest absolute Gasteiger partial charge is 0.261 e. The van der Waals surface area contributed by atoms with Gasteiger partial charge in [-0.15, -0.1) is 0 Å². The normalized spacial score (nSPS) is 11.9. The Bertz CT molecular complexity index is 752. The van der Waals surface area contributed by atoms with Crippen LogP contribution in [0.3, 0.4) is 0 Å². The highest BCUT2D eigenvalue weighted by Gasteiger charge is 2.26. The van der Waals surface area contributed by atoms with Gasteiger partial charge in [0, 0.05) is 25.6 Å². The molecule has 8 heteroatoms. The van der Waals surface area contributed by atoms with Crippen molar-refractivity contribution in [2.45, 2.75) is 18.4 Å². The van der Waals surface area contributed by atoms with Crippen molar-refractivity contribution in [2.24, 2.45) is 0 Å². The van der Waals surface area contributed by atoms with Gasteiger partial charge in [0.25, 0.3) is 0 Å². The van der Waals surface area contributed by atoms with Crippen molar-refractivity contribution < 1.29 is 17.2 Å². The summed E-state index contributed by atoms with van der Waals surface area (Å²) >= 11 is 0. The number of benzene rings is 1. The lowest BCUT2D eigenvalue weighted by atomic mass is 10.2. The van der Waals surface area contributed by atoms with Crippen molar-refractivity contribution in [1.29, 1.82) is 0 Å². The molecule has 0 saturated carbocycles. The van der Waals surface area contributed by atoms with Crippen LogP contribution in [0.2, 0.25) is 0 Å². The maximum atomic E-state index is 13.8. The second kappa shape index (κ2) is 5.82. The number of rotatable bonds is 4. The van der Waals surface area contributed by atoms with Gasteiger partial charge < -0.3 is 0 Å². The SMILES string of the molecule is Cc1cc(F)c(S(=O)(=O)N(C)Cc2cnccn2)cc1F. The molecular weight excluding hydrogens is 300 g/mol. The number of aromatic nitrogens is 2. The number of halogens is 2. The monoisotopic (exact) mass is 313 g/mol. The molecule has 0 amide bonds. The van der Waals surface area contributed by atoms with Crippen LogP contribution in [0, 0.1) is 18.6 Å². The Hall–Kier alpha value is -1.93. The van der Waals surface area contributed by atoms with Crippen LogP contribution in [-0.2, 0) is 16.6 Å². The molecule has 1 aromatic carbocycles. The van der Waals surface area contributed by atoms with Gasteiger partial charge in [0.05, 0.1) is 12.2 Å². The van der Waals surface area contributed by atoms with Crippen LogP contribution in [0.25, 0.3) is 0 Å². The number of sulfonamides is 1. The van der Waals surface area contributed by atoms with E-state index in [4.69, 9.17) is 0 Å². The summed E-state index contributed by atoms with van der Waals surface area (Å²) in [6.07, 6.45) is 4.27. The van der Waals surface area contributed by atoms with Crippen LogP contribution in [0.4, 0.5) is 8.78 Å². The van der Waals surface area contributed by atoms with Gasteiger partial charge in [-0.25, -0.2) is 17.2 Å². The van der Waals surface area contributed by atoms with E-state index in [-0.39, 0.29) is 12.1 Å². The minimum absolute atomic E-state index is 0.0445. The fourth-order valence-electron chi connectivity index (χ4n) is 1.72. The zero-order valence-electron chi connectivity index (χ0n) is 11.4. The quantitative estimate of drug-likeness (QED) is 0.864. The number of nitrogens with zero attached hydrogens (tertiary/aromatic N) is 3. The fourth-order valence-corrected chi connectivity index (χ4v) is 2.91.